The number of Topliss-reactive ketones (excluding diaryl/α,β-unsaturated/α-hetero) is 1. The number of primary amides is 1. The first-order chi connectivity index (χ1) is 9.08. The molecule has 0 saturated carbocycles. The van der Waals surface area contributed by atoms with E-state index in [1.165, 1.54) is 0 Å². The van der Waals surface area contributed by atoms with Gasteiger partial charge in [0.05, 0.1) is 12.5 Å². The predicted molar refractivity (Wildman–Crippen MR) is 76.8 cm³/mol. The first kappa shape index (κ1) is 14.2. The molecule has 102 valence electrons. The number of carbonyl (C=O) groups is 2. The van der Waals surface area contributed by atoms with Gasteiger partial charge in [-0.25, -0.2) is 0 Å². The lowest BCUT2D eigenvalue weighted by Crippen LogP contribution is -2.43. The molecule has 0 spiro atoms. The molecule has 0 aliphatic carbocycles. The Labute approximate surface area is 121 Å². The van der Waals surface area contributed by atoms with Crippen LogP contribution in [0.5, 0.6) is 0 Å². The molecule has 1 aliphatic rings. The van der Waals surface area contributed by atoms with Gasteiger partial charge in [0.15, 0.2) is 5.78 Å². The normalized spacial score (nSPS) is 20.2. The van der Waals surface area contributed by atoms with Gasteiger partial charge in [0, 0.05) is 16.6 Å². The van der Waals surface area contributed by atoms with Gasteiger partial charge in [0.25, 0.3) is 0 Å². The third kappa shape index (κ3) is 3.64. The smallest absolute Gasteiger partial charge is 0.221 e. The second-order valence-corrected chi connectivity index (χ2v) is 5.73. The highest BCUT2D eigenvalue weighted by atomic mass is 79.9. The number of rotatable bonds is 4. The quantitative estimate of drug-likeness (QED) is 0.859. The van der Waals surface area contributed by atoms with Gasteiger partial charge in [-0.2, -0.15) is 0 Å². The van der Waals surface area contributed by atoms with Crippen LogP contribution in [0.2, 0.25) is 0 Å². The van der Waals surface area contributed by atoms with Gasteiger partial charge in [-0.05, 0) is 25.5 Å². The Hall–Kier alpha value is -1.20. The van der Waals surface area contributed by atoms with E-state index in [1.807, 2.05) is 29.2 Å². The molecule has 19 heavy (non-hydrogen) atoms. The summed E-state index contributed by atoms with van der Waals surface area (Å²) in [5.41, 5.74) is 6.02. The molecule has 2 N–H and O–H groups in total. The highest BCUT2D eigenvalue weighted by Gasteiger charge is 2.25. The lowest BCUT2D eigenvalue weighted by Gasteiger charge is -2.30. The number of piperidine rings is 1. The maximum absolute atomic E-state index is 12.2. The van der Waals surface area contributed by atoms with Crippen molar-refractivity contribution < 1.29 is 9.59 Å². The van der Waals surface area contributed by atoms with Crippen LogP contribution in [0.1, 0.15) is 23.2 Å². The van der Waals surface area contributed by atoms with Crippen LogP contribution in [0.3, 0.4) is 0 Å². The number of halogens is 1. The standard InChI is InChI=1S/C14H17BrN2O2/c15-12-6-2-1-5-11(12)13(18)9-17-7-3-4-10(8-17)14(16)19/h1-2,5-6,10H,3-4,7-9H2,(H2,16,19). The van der Waals surface area contributed by atoms with Crippen LogP contribution in [0.4, 0.5) is 0 Å². The van der Waals surface area contributed by atoms with Gasteiger partial charge in [0.1, 0.15) is 0 Å². The summed E-state index contributed by atoms with van der Waals surface area (Å²) >= 11 is 3.38. The monoisotopic (exact) mass is 324 g/mol. The van der Waals surface area contributed by atoms with Crippen molar-refractivity contribution in [3.05, 3.63) is 34.3 Å². The Morgan fingerprint density at radius 2 is 2.11 bits per heavy atom. The van der Waals surface area contributed by atoms with Gasteiger partial charge in [-0.3, -0.25) is 14.5 Å². The first-order valence-corrected chi connectivity index (χ1v) is 7.16. The number of hydrogen-bond acceptors (Lipinski definition) is 3. The van der Waals surface area contributed by atoms with Crippen LogP contribution in [0.25, 0.3) is 0 Å². The van der Waals surface area contributed by atoms with Crippen molar-refractivity contribution in [1.82, 2.24) is 4.90 Å². The number of nitrogens with two attached hydrogens (primary N) is 1. The van der Waals surface area contributed by atoms with E-state index >= 15 is 0 Å². The average molecular weight is 325 g/mol. The molecule has 1 aliphatic heterocycles. The predicted octanol–water partition coefficient (Wildman–Crippen LogP) is 1.83. The molecular weight excluding hydrogens is 308 g/mol. The maximum Gasteiger partial charge on any atom is 0.221 e. The number of benzene rings is 1. The van der Waals surface area contributed by atoms with Gasteiger partial charge < -0.3 is 5.73 Å². The largest absolute Gasteiger partial charge is 0.369 e. The summed E-state index contributed by atoms with van der Waals surface area (Å²) in [6.07, 6.45) is 1.74. The second-order valence-electron chi connectivity index (χ2n) is 4.88. The topological polar surface area (TPSA) is 63.4 Å². The van der Waals surface area contributed by atoms with E-state index in [0.717, 1.165) is 23.9 Å². The van der Waals surface area contributed by atoms with Gasteiger partial charge in [0.2, 0.25) is 5.91 Å². The second kappa shape index (κ2) is 6.30. The minimum absolute atomic E-state index is 0.0672. The van der Waals surface area contributed by atoms with E-state index in [0.29, 0.717) is 18.7 Å². The molecule has 4 nitrogen and oxygen atoms in total. The molecule has 1 fully saturated rings. The fourth-order valence-corrected chi connectivity index (χ4v) is 2.91. The zero-order chi connectivity index (χ0) is 13.8. The first-order valence-electron chi connectivity index (χ1n) is 6.37. The van der Waals surface area contributed by atoms with Crippen LogP contribution < -0.4 is 5.73 Å². The fourth-order valence-electron chi connectivity index (χ4n) is 2.41. The van der Waals surface area contributed by atoms with Crippen molar-refractivity contribution in [2.75, 3.05) is 19.6 Å². The molecule has 0 radical (unpaired) electrons. The molecule has 2 rings (SSSR count). The van der Waals surface area contributed by atoms with E-state index in [-0.39, 0.29) is 17.6 Å². The Bertz CT molecular complexity index is 490. The van der Waals surface area contributed by atoms with E-state index < -0.39 is 0 Å². The zero-order valence-electron chi connectivity index (χ0n) is 10.6. The molecule has 1 atom stereocenters. The minimum atomic E-state index is -0.266. The van der Waals surface area contributed by atoms with Gasteiger partial charge in [-0.15, -0.1) is 0 Å². The Kier molecular flexibility index (Phi) is 4.71. The Balaban J connectivity index is 1.99. The summed E-state index contributed by atoms with van der Waals surface area (Å²) in [4.78, 5) is 25.4. The SMILES string of the molecule is NC(=O)C1CCCN(CC(=O)c2ccccc2Br)C1. The van der Waals surface area contributed by atoms with Crippen molar-refractivity contribution in [3.8, 4) is 0 Å². The van der Waals surface area contributed by atoms with Crippen LogP contribution in [-0.4, -0.2) is 36.2 Å². The van der Waals surface area contributed by atoms with E-state index in [2.05, 4.69) is 15.9 Å². The van der Waals surface area contributed by atoms with Crippen molar-refractivity contribution in [3.63, 3.8) is 0 Å². The van der Waals surface area contributed by atoms with Crippen LogP contribution in [0, 0.1) is 5.92 Å². The Morgan fingerprint density at radius 1 is 1.37 bits per heavy atom. The van der Waals surface area contributed by atoms with Crippen molar-refractivity contribution in [2.45, 2.75) is 12.8 Å². The number of carbonyl (C=O) groups excluding carboxylic acids is 2. The summed E-state index contributed by atoms with van der Waals surface area (Å²) < 4.78 is 0.809. The third-order valence-corrected chi connectivity index (χ3v) is 4.14. The van der Waals surface area contributed by atoms with Crippen LogP contribution in [0.15, 0.2) is 28.7 Å². The van der Waals surface area contributed by atoms with Crippen LogP contribution in [-0.2, 0) is 4.79 Å². The highest BCUT2D eigenvalue weighted by molar-refractivity contribution is 9.10. The van der Waals surface area contributed by atoms with Crippen LogP contribution >= 0.6 is 15.9 Å². The van der Waals surface area contributed by atoms with E-state index in [4.69, 9.17) is 5.73 Å². The number of amides is 1. The van der Waals surface area contributed by atoms with Crippen molar-refractivity contribution in [1.29, 1.82) is 0 Å². The molecule has 0 bridgehead atoms. The molecule has 0 aromatic heterocycles. The van der Waals surface area contributed by atoms with Gasteiger partial charge in [-0.1, -0.05) is 34.1 Å². The fraction of sp³-hybridized carbons (Fsp3) is 0.429. The number of nitrogens with zero attached hydrogens (tertiary/aromatic N) is 1. The summed E-state index contributed by atoms with van der Waals surface area (Å²) in [6, 6.07) is 7.39. The molecule has 1 aromatic carbocycles. The Morgan fingerprint density at radius 3 is 2.79 bits per heavy atom. The summed E-state index contributed by atoms with van der Waals surface area (Å²) in [5.74, 6) is -0.323. The lowest BCUT2D eigenvalue weighted by atomic mass is 9.97. The highest BCUT2D eigenvalue weighted by Crippen LogP contribution is 2.19. The van der Waals surface area contributed by atoms with Crippen molar-refractivity contribution >= 4 is 27.6 Å². The minimum Gasteiger partial charge on any atom is -0.369 e. The summed E-state index contributed by atoms with van der Waals surface area (Å²) in [6.45, 7) is 1.78. The molecule has 1 unspecified atom stereocenters. The number of ketones is 1. The average Bonchev–Trinajstić information content (AvgIpc) is 2.39. The van der Waals surface area contributed by atoms with E-state index in [1.54, 1.807) is 0 Å². The zero-order valence-corrected chi connectivity index (χ0v) is 12.2. The summed E-state index contributed by atoms with van der Waals surface area (Å²) in [5, 5.41) is 0. The molecule has 1 heterocycles. The number of hydrogen-bond donors (Lipinski definition) is 1. The summed E-state index contributed by atoms with van der Waals surface area (Å²) in [7, 11) is 0. The van der Waals surface area contributed by atoms with E-state index in [9.17, 15) is 9.59 Å². The maximum atomic E-state index is 12.2. The third-order valence-electron chi connectivity index (χ3n) is 3.45. The lowest BCUT2D eigenvalue weighted by molar-refractivity contribution is -0.123. The molecule has 1 saturated heterocycles. The van der Waals surface area contributed by atoms with Gasteiger partial charge >= 0.3 is 0 Å². The number of likely N-dealkylation sites (tertiary alicyclic amines) is 1. The molecule has 5 heteroatoms. The van der Waals surface area contributed by atoms with Crippen molar-refractivity contribution in [2.24, 2.45) is 11.7 Å². The molecular formula is C14H17BrN2O2. The molecule has 1 aromatic rings. The molecule has 1 amide bonds.